The van der Waals surface area contributed by atoms with Crippen LogP contribution in [0.15, 0.2) is 36.5 Å². The first kappa shape index (κ1) is 11.2. The number of piperidine rings is 1. The molecule has 0 aliphatic carbocycles. The molecule has 0 radical (unpaired) electrons. The van der Waals surface area contributed by atoms with Crippen molar-refractivity contribution in [2.24, 2.45) is 0 Å². The van der Waals surface area contributed by atoms with Gasteiger partial charge < -0.3 is 5.32 Å². The van der Waals surface area contributed by atoms with E-state index < -0.39 is 0 Å². The molecule has 70 valence electrons. The molecule has 0 aromatic carbocycles. The highest BCUT2D eigenvalue weighted by molar-refractivity contribution is 5.33. The molecule has 1 nitrogen and oxygen atoms in total. The zero-order chi connectivity index (χ0) is 9.40. The maximum Gasteiger partial charge on any atom is 0.0202 e. The van der Waals surface area contributed by atoms with Crippen LogP contribution >= 0.6 is 0 Å². The monoisotopic (exact) mass is 167 g/mol. The third kappa shape index (κ3) is 3.54. The first-order valence-corrected chi connectivity index (χ1v) is 4.55. The Hall–Kier alpha value is -0.820. The number of allylic oxidation sites excluding steroid dienone is 2. The minimum absolute atomic E-state index is 0. The lowest BCUT2D eigenvalue weighted by molar-refractivity contribution is 0.684. The van der Waals surface area contributed by atoms with Gasteiger partial charge in [-0.05, 0) is 24.1 Å². The molecular formula is C11H21N. The molecule has 1 saturated heterocycles. The second-order valence-electron chi connectivity index (χ2n) is 2.46. The van der Waals surface area contributed by atoms with E-state index in [1.54, 1.807) is 0 Å². The molecule has 1 aliphatic heterocycles. The number of nitrogens with one attached hydrogen (secondary N) is 1. The minimum atomic E-state index is 0. The Morgan fingerprint density at radius 2 is 2.17 bits per heavy atom. The van der Waals surface area contributed by atoms with Crippen molar-refractivity contribution in [2.75, 3.05) is 13.1 Å². The molecule has 1 N–H and O–H groups in total. The maximum atomic E-state index is 3.94. The summed E-state index contributed by atoms with van der Waals surface area (Å²) in [7, 11) is 0. The van der Waals surface area contributed by atoms with Gasteiger partial charge in [0.1, 0.15) is 0 Å². The van der Waals surface area contributed by atoms with Crippen molar-refractivity contribution < 1.29 is 1.43 Å². The first-order valence-electron chi connectivity index (χ1n) is 4.55. The standard InChI is InChI=1S/C9H13N.C2H6.H2/c1-3-4-9-5-6-10-7-8(9)2;1-2;/h3-4,10H,1-2,5-7H2;1-2H3;1H/b9-4-;;. The molecule has 0 spiro atoms. The summed E-state index contributed by atoms with van der Waals surface area (Å²) in [5.74, 6) is 0. The largest absolute Gasteiger partial charge is 0.312 e. The van der Waals surface area contributed by atoms with E-state index in [1.807, 2.05) is 26.0 Å². The van der Waals surface area contributed by atoms with Crippen LogP contribution in [0.25, 0.3) is 0 Å². The van der Waals surface area contributed by atoms with Gasteiger partial charge in [-0.2, -0.15) is 0 Å². The van der Waals surface area contributed by atoms with Crippen molar-refractivity contribution in [1.82, 2.24) is 5.32 Å². The zero-order valence-corrected chi connectivity index (χ0v) is 8.19. The fourth-order valence-electron chi connectivity index (χ4n) is 1.10. The molecule has 0 unspecified atom stereocenters. The highest BCUT2D eigenvalue weighted by Crippen LogP contribution is 2.14. The van der Waals surface area contributed by atoms with Crippen LogP contribution in [0.3, 0.4) is 0 Å². The van der Waals surface area contributed by atoms with E-state index in [4.69, 9.17) is 0 Å². The molecule has 1 heterocycles. The van der Waals surface area contributed by atoms with Crippen molar-refractivity contribution in [3.05, 3.63) is 36.5 Å². The average molecular weight is 167 g/mol. The van der Waals surface area contributed by atoms with Crippen molar-refractivity contribution in [1.29, 1.82) is 0 Å². The Labute approximate surface area is 77.4 Å². The molecule has 0 bridgehead atoms. The second-order valence-corrected chi connectivity index (χ2v) is 2.46. The number of hydrogen-bond acceptors (Lipinski definition) is 1. The lowest BCUT2D eigenvalue weighted by Crippen LogP contribution is -2.24. The minimum Gasteiger partial charge on any atom is -0.312 e. The Morgan fingerprint density at radius 3 is 2.67 bits per heavy atom. The molecule has 0 aromatic rings. The van der Waals surface area contributed by atoms with Crippen LogP contribution in [0.4, 0.5) is 0 Å². The van der Waals surface area contributed by atoms with Gasteiger partial charge in [0.05, 0.1) is 0 Å². The predicted octanol–water partition coefficient (Wildman–Crippen LogP) is 2.92. The molecule has 0 saturated carbocycles. The normalized spacial score (nSPS) is 19.8. The highest BCUT2D eigenvalue weighted by Gasteiger charge is 2.06. The van der Waals surface area contributed by atoms with Crippen LogP contribution in [-0.2, 0) is 0 Å². The summed E-state index contributed by atoms with van der Waals surface area (Å²) in [5, 5.41) is 3.25. The Morgan fingerprint density at radius 1 is 1.50 bits per heavy atom. The van der Waals surface area contributed by atoms with Crippen molar-refractivity contribution in [3.8, 4) is 0 Å². The van der Waals surface area contributed by atoms with Crippen molar-refractivity contribution in [3.63, 3.8) is 0 Å². The molecule has 0 amide bonds. The van der Waals surface area contributed by atoms with E-state index in [1.165, 1.54) is 11.1 Å². The summed E-state index contributed by atoms with van der Waals surface area (Å²) in [4.78, 5) is 0. The molecule has 1 aliphatic rings. The van der Waals surface area contributed by atoms with E-state index in [9.17, 15) is 0 Å². The quantitative estimate of drug-likeness (QED) is 0.633. The molecule has 12 heavy (non-hydrogen) atoms. The number of rotatable bonds is 1. The SMILES string of the molecule is C=C/C=C1/CCNCC1=C.CC.[HH]. The Balaban J connectivity index is 0. The molecule has 0 atom stereocenters. The Kier molecular flexibility index (Phi) is 6.39. The van der Waals surface area contributed by atoms with Gasteiger partial charge in [-0.25, -0.2) is 0 Å². The third-order valence-corrected chi connectivity index (χ3v) is 1.68. The topological polar surface area (TPSA) is 12.0 Å². The van der Waals surface area contributed by atoms with Crippen LogP contribution in [0.1, 0.15) is 21.7 Å². The van der Waals surface area contributed by atoms with Gasteiger partial charge in [0, 0.05) is 7.97 Å². The van der Waals surface area contributed by atoms with Crippen LogP contribution in [0.2, 0.25) is 0 Å². The van der Waals surface area contributed by atoms with Crippen LogP contribution in [0.5, 0.6) is 0 Å². The fourth-order valence-corrected chi connectivity index (χ4v) is 1.10. The highest BCUT2D eigenvalue weighted by atomic mass is 14.9. The average Bonchev–Trinajstić information content (AvgIpc) is 2.13. The smallest absolute Gasteiger partial charge is 0.0202 e. The van der Waals surface area contributed by atoms with Gasteiger partial charge in [-0.3, -0.25) is 0 Å². The van der Waals surface area contributed by atoms with E-state index in [0.717, 1.165) is 19.5 Å². The van der Waals surface area contributed by atoms with Crippen molar-refractivity contribution >= 4 is 0 Å². The van der Waals surface area contributed by atoms with Crippen LogP contribution in [0, 0.1) is 0 Å². The third-order valence-electron chi connectivity index (χ3n) is 1.68. The zero-order valence-electron chi connectivity index (χ0n) is 8.19. The van der Waals surface area contributed by atoms with E-state index >= 15 is 0 Å². The van der Waals surface area contributed by atoms with Gasteiger partial charge >= 0.3 is 0 Å². The summed E-state index contributed by atoms with van der Waals surface area (Å²) >= 11 is 0. The first-order chi connectivity index (χ1) is 5.84. The summed E-state index contributed by atoms with van der Waals surface area (Å²) in [6.45, 7) is 13.6. The molecule has 0 aromatic heterocycles. The van der Waals surface area contributed by atoms with Crippen molar-refractivity contribution in [2.45, 2.75) is 20.3 Å². The molecule has 1 rings (SSSR count). The molecule has 1 heteroatoms. The van der Waals surface area contributed by atoms with E-state index in [-0.39, 0.29) is 1.43 Å². The predicted molar refractivity (Wildman–Crippen MR) is 58.4 cm³/mol. The molecular weight excluding hydrogens is 146 g/mol. The van der Waals surface area contributed by atoms with Crippen LogP contribution in [-0.4, -0.2) is 13.1 Å². The van der Waals surface area contributed by atoms with Gasteiger partial charge in [-0.1, -0.05) is 39.2 Å². The maximum absolute atomic E-state index is 3.94. The lowest BCUT2D eigenvalue weighted by atomic mass is 10.0. The van der Waals surface area contributed by atoms with Gasteiger partial charge in [-0.15, -0.1) is 0 Å². The summed E-state index contributed by atoms with van der Waals surface area (Å²) < 4.78 is 0. The summed E-state index contributed by atoms with van der Waals surface area (Å²) in [6.07, 6.45) is 4.96. The number of hydrogen-bond donors (Lipinski definition) is 1. The summed E-state index contributed by atoms with van der Waals surface area (Å²) in [6, 6.07) is 0. The second kappa shape index (κ2) is 6.86. The fraction of sp³-hybridized carbons (Fsp3) is 0.455. The van der Waals surface area contributed by atoms with Gasteiger partial charge in [0.25, 0.3) is 0 Å². The summed E-state index contributed by atoms with van der Waals surface area (Å²) in [5.41, 5.74) is 2.54. The van der Waals surface area contributed by atoms with Crippen LogP contribution < -0.4 is 5.32 Å². The van der Waals surface area contributed by atoms with Gasteiger partial charge in [0.2, 0.25) is 0 Å². The van der Waals surface area contributed by atoms with E-state index in [0.29, 0.717) is 0 Å². The van der Waals surface area contributed by atoms with E-state index in [2.05, 4.69) is 18.5 Å². The lowest BCUT2D eigenvalue weighted by Gasteiger charge is -2.17. The van der Waals surface area contributed by atoms with Gasteiger partial charge in [0.15, 0.2) is 0 Å². The molecule has 1 fully saturated rings. The Bertz CT molecular complexity index is 183.